The molecule has 0 aliphatic carbocycles. The summed E-state index contributed by atoms with van der Waals surface area (Å²) >= 11 is 0. The third-order valence-corrected chi connectivity index (χ3v) is 6.58. The fourth-order valence-corrected chi connectivity index (χ4v) is 4.51. The molecule has 9 nitrogen and oxygen atoms in total. The van der Waals surface area contributed by atoms with E-state index in [9.17, 15) is 14.4 Å². The fourth-order valence-electron chi connectivity index (χ4n) is 4.51. The number of hydrogen-bond acceptors (Lipinski definition) is 5. The SMILES string of the molecule is COc1cc(CC(=O)N2CCNc3cc(C(C)CC(=O)O)ccc32)ccc1NC(=O)Nc1ccccc1C. The van der Waals surface area contributed by atoms with E-state index in [-0.39, 0.29) is 24.7 Å². The lowest BCUT2D eigenvalue weighted by Crippen LogP contribution is -2.39. The molecule has 0 radical (unpaired) electrons. The number of hydrogen-bond donors (Lipinski definition) is 4. The number of ether oxygens (including phenoxy) is 1. The summed E-state index contributed by atoms with van der Waals surface area (Å²) in [5.41, 5.74) is 5.40. The van der Waals surface area contributed by atoms with Crippen molar-refractivity contribution < 1.29 is 24.2 Å². The summed E-state index contributed by atoms with van der Waals surface area (Å²) in [6, 6.07) is 18.0. The molecule has 1 heterocycles. The van der Waals surface area contributed by atoms with E-state index < -0.39 is 12.0 Å². The average Bonchev–Trinajstić information content (AvgIpc) is 2.89. The number of aliphatic carboxylic acids is 1. The Bertz CT molecular complexity index is 1360. The van der Waals surface area contributed by atoms with Gasteiger partial charge in [-0.05, 0) is 59.9 Å². The van der Waals surface area contributed by atoms with Crippen LogP contribution < -0.4 is 25.6 Å². The highest BCUT2D eigenvalue weighted by molar-refractivity contribution is 6.01. The van der Waals surface area contributed by atoms with Crippen molar-refractivity contribution >= 4 is 40.7 Å². The van der Waals surface area contributed by atoms with Gasteiger partial charge in [-0.25, -0.2) is 4.79 Å². The van der Waals surface area contributed by atoms with Crippen molar-refractivity contribution in [3.8, 4) is 5.75 Å². The Morgan fingerprint density at radius 2 is 1.82 bits per heavy atom. The first-order chi connectivity index (χ1) is 18.2. The van der Waals surface area contributed by atoms with E-state index >= 15 is 0 Å². The van der Waals surface area contributed by atoms with E-state index in [4.69, 9.17) is 9.84 Å². The van der Waals surface area contributed by atoms with Crippen LogP contribution in [0.4, 0.5) is 27.5 Å². The van der Waals surface area contributed by atoms with Gasteiger partial charge in [-0.15, -0.1) is 0 Å². The third kappa shape index (κ3) is 6.23. The molecular formula is C29H32N4O5. The fraction of sp³-hybridized carbons (Fsp3) is 0.276. The van der Waals surface area contributed by atoms with Gasteiger partial charge in [0.25, 0.3) is 0 Å². The van der Waals surface area contributed by atoms with E-state index in [1.807, 2.05) is 56.3 Å². The Morgan fingerprint density at radius 3 is 2.55 bits per heavy atom. The van der Waals surface area contributed by atoms with Crippen LogP contribution in [0.15, 0.2) is 60.7 Å². The number of nitrogens with zero attached hydrogens (tertiary/aromatic N) is 1. The van der Waals surface area contributed by atoms with Crippen LogP contribution in [-0.4, -0.2) is 43.2 Å². The van der Waals surface area contributed by atoms with Gasteiger partial charge < -0.3 is 30.7 Å². The zero-order valence-corrected chi connectivity index (χ0v) is 21.7. The van der Waals surface area contributed by atoms with Crippen molar-refractivity contribution in [1.82, 2.24) is 0 Å². The molecule has 1 aliphatic rings. The Morgan fingerprint density at radius 1 is 1.05 bits per heavy atom. The van der Waals surface area contributed by atoms with Gasteiger partial charge in [0.15, 0.2) is 0 Å². The maximum absolute atomic E-state index is 13.3. The molecule has 3 amide bonds. The molecule has 0 aromatic heterocycles. The molecule has 4 rings (SSSR count). The Labute approximate surface area is 221 Å². The highest BCUT2D eigenvalue weighted by Crippen LogP contribution is 2.34. The van der Waals surface area contributed by atoms with Crippen LogP contribution in [0.1, 0.15) is 36.0 Å². The topological polar surface area (TPSA) is 120 Å². The maximum atomic E-state index is 13.3. The smallest absolute Gasteiger partial charge is 0.323 e. The molecule has 0 fully saturated rings. The highest BCUT2D eigenvalue weighted by Gasteiger charge is 2.24. The number of rotatable bonds is 8. The number of carboxylic acids is 1. The Kier molecular flexibility index (Phi) is 8.15. The number of methoxy groups -OCH3 is 1. The van der Waals surface area contributed by atoms with Crippen molar-refractivity contribution in [3.63, 3.8) is 0 Å². The van der Waals surface area contributed by atoms with Crippen LogP contribution >= 0.6 is 0 Å². The number of urea groups is 1. The summed E-state index contributed by atoms with van der Waals surface area (Å²) in [4.78, 5) is 38.7. The summed E-state index contributed by atoms with van der Waals surface area (Å²) in [7, 11) is 1.51. The minimum absolute atomic E-state index is 0.0433. The molecule has 1 atom stereocenters. The minimum Gasteiger partial charge on any atom is -0.495 e. The quantitative estimate of drug-likeness (QED) is 0.326. The summed E-state index contributed by atoms with van der Waals surface area (Å²) in [5.74, 6) is -0.597. The van der Waals surface area contributed by atoms with Gasteiger partial charge in [0, 0.05) is 18.8 Å². The van der Waals surface area contributed by atoms with Crippen LogP contribution in [0.3, 0.4) is 0 Å². The minimum atomic E-state index is -0.844. The number of carbonyl (C=O) groups excluding carboxylic acids is 2. The first kappa shape index (κ1) is 26.5. The lowest BCUT2D eigenvalue weighted by atomic mass is 9.96. The van der Waals surface area contributed by atoms with Crippen LogP contribution in [0.5, 0.6) is 5.75 Å². The molecule has 9 heteroatoms. The summed E-state index contributed by atoms with van der Waals surface area (Å²) in [5, 5.41) is 18.1. The average molecular weight is 517 g/mol. The first-order valence-corrected chi connectivity index (χ1v) is 12.5. The van der Waals surface area contributed by atoms with E-state index in [0.29, 0.717) is 30.2 Å². The molecule has 38 heavy (non-hydrogen) atoms. The van der Waals surface area contributed by atoms with Crippen molar-refractivity contribution in [1.29, 1.82) is 0 Å². The highest BCUT2D eigenvalue weighted by atomic mass is 16.5. The molecular weight excluding hydrogens is 484 g/mol. The molecule has 0 bridgehead atoms. The second kappa shape index (κ2) is 11.7. The molecule has 0 spiro atoms. The van der Waals surface area contributed by atoms with E-state index in [1.165, 1.54) is 7.11 Å². The number of para-hydroxylation sites is 1. The molecule has 0 saturated carbocycles. The number of amides is 3. The van der Waals surface area contributed by atoms with Crippen LogP contribution in [0, 0.1) is 6.92 Å². The van der Waals surface area contributed by atoms with Gasteiger partial charge in [-0.1, -0.05) is 37.3 Å². The lowest BCUT2D eigenvalue weighted by molar-refractivity contribution is -0.137. The molecule has 3 aromatic rings. The molecule has 0 saturated heterocycles. The third-order valence-electron chi connectivity index (χ3n) is 6.58. The number of carboxylic acid groups (broad SMARTS) is 1. The predicted molar refractivity (Wildman–Crippen MR) is 148 cm³/mol. The summed E-state index contributed by atoms with van der Waals surface area (Å²) in [6.07, 6.45) is 0.199. The van der Waals surface area contributed by atoms with Gasteiger partial charge in [-0.2, -0.15) is 0 Å². The summed E-state index contributed by atoms with van der Waals surface area (Å²) in [6.45, 7) is 4.90. The maximum Gasteiger partial charge on any atom is 0.323 e. The van der Waals surface area contributed by atoms with Crippen LogP contribution in [0.2, 0.25) is 0 Å². The number of fused-ring (bicyclic) bond motifs is 1. The van der Waals surface area contributed by atoms with Gasteiger partial charge in [0.2, 0.25) is 5.91 Å². The first-order valence-electron chi connectivity index (χ1n) is 12.5. The van der Waals surface area contributed by atoms with Crippen molar-refractivity contribution in [3.05, 3.63) is 77.4 Å². The molecule has 1 unspecified atom stereocenters. The van der Waals surface area contributed by atoms with Crippen molar-refractivity contribution in [2.75, 3.05) is 41.0 Å². The lowest BCUT2D eigenvalue weighted by Gasteiger charge is -2.31. The molecule has 3 aromatic carbocycles. The predicted octanol–water partition coefficient (Wildman–Crippen LogP) is 5.23. The number of nitrogens with one attached hydrogen (secondary N) is 3. The van der Waals surface area contributed by atoms with E-state index in [1.54, 1.807) is 23.1 Å². The number of benzene rings is 3. The second-order valence-electron chi connectivity index (χ2n) is 9.35. The molecule has 198 valence electrons. The Balaban J connectivity index is 1.45. The number of anilines is 4. The largest absolute Gasteiger partial charge is 0.495 e. The monoisotopic (exact) mass is 516 g/mol. The van der Waals surface area contributed by atoms with Gasteiger partial charge in [-0.3, -0.25) is 9.59 Å². The van der Waals surface area contributed by atoms with Gasteiger partial charge in [0.05, 0.1) is 37.0 Å². The van der Waals surface area contributed by atoms with Crippen LogP contribution in [-0.2, 0) is 16.0 Å². The van der Waals surface area contributed by atoms with Gasteiger partial charge >= 0.3 is 12.0 Å². The zero-order chi connectivity index (χ0) is 27.2. The van der Waals surface area contributed by atoms with Crippen molar-refractivity contribution in [2.24, 2.45) is 0 Å². The normalized spacial score (nSPS) is 13.1. The van der Waals surface area contributed by atoms with Gasteiger partial charge in [0.1, 0.15) is 5.75 Å². The zero-order valence-electron chi connectivity index (χ0n) is 21.7. The van der Waals surface area contributed by atoms with E-state index in [0.717, 1.165) is 28.1 Å². The van der Waals surface area contributed by atoms with E-state index in [2.05, 4.69) is 16.0 Å². The number of carbonyl (C=O) groups is 3. The number of aryl methyl sites for hydroxylation is 1. The molecule has 1 aliphatic heterocycles. The molecule has 4 N–H and O–H groups in total. The van der Waals surface area contributed by atoms with Crippen LogP contribution in [0.25, 0.3) is 0 Å². The standard InChI is InChI=1S/C29H32N4O5/c1-18-6-4-5-7-22(18)31-29(37)32-23-10-8-20(15-26(23)38-3)16-27(34)33-13-12-30-24-17-21(9-11-25(24)33)19(2)14-28(35)36/h4-11,15,17,19,30H,12-14,16H2,1-3H3,(H,35,36)(H2,31,32,37). The summed E-state index contributed by atoms with van der Waals surface area (Å²) < 4.78 is 5.49. The Hall–Kier alpha value is -4.53. The second-order valence-corrected chi connectivity index (χ2v) is 9.35. The van der Waals surface area contributed by atoms with Crippen molar-refractivity contribution in [2.45, 2.75) is 32.6 Å².